The number of hydrogen-bond donors (Lipinski definition) is 2. The Labute approximate surface area is 118 Å². The number of urea groups is 1. The SMILES string of the molecule is COc1ccc(NC(=O)NC[C@@H]2CCCO2)c(OC)c1. The van der Waals surface area contributed by atoms with E-state index in [0.717, 1.165) is 19.4 Å². The second-order valence-corrected chi connectivity index (χ2v) is 4.54. The van der Waals surface area contributed by atoms with Gasteiger partial charge >= 0.3 is 6.03 Å². The number of amides is 2. The van der Waals surface area contributed by atoms with Gasteiger partial charge in [0.2, 0.25) is 0 Å². The second-order valence-electron chi connectivity index (χ2n) is 4.54. The van der Waals surface area contributed by atoms with Crippen molar-refractivity contribution >= 4 is 11.7 Å². The minimum atomic E-state index is -0.274. The third-order valence-electron chi connectivity index (χ3n) is 3.17. The lowest BCUT2D eigenvalue weighted by atomic mass is 10.2. The van der Waals surface area contributed by atoms with E-state index < -0.39 is 0 Å². The lowest BCUT2D eigenvalue weighted by Gasteiger charge is -2.14. The van der Waals surface area contributed by atoms with Crippen LogP contribution in [-0.2, 0) is 4.74 Å². The van der Waals surface area contributed by atoms with Gasteiger partial charge in [-0.25, -0.2) is 4.79 Å². The third kappa shape index (κ3) is 3.77. The van der Waals surface area contributed by atoms with Crippen LogP contribution in [0.15, 0.2) is 18.2 Å². The van der Waals surface area contributed by atoms with E-state index in [1.54, 1.807) is 32.4 Å². The quantitative estimate of drug-likeness (QED) is 0.865. The molecule has 1 aromatic rings. The van der Waals surface area contributed by atoms with E-state index in [-0.39, 0.29) is 12.1 Å². The normalized spacial score (nSPS) is 17.6. The van der Waals surface area contributed by atoms with Gasteiger partial charge < -0.3 is 24.8 Å². The molecule has 0 spiro atoms. The summed E-state index contributed by atoms with van der Waals surface area (Å²) in [4.78, 5) is 11.8. The maximum atomic E-state index is 11.8. The number of anilines is 1. The highest BCUT2D eigenvalue weighted by Gasteiger charge is 2.16. The zero-order valence-corrected chi connectivity index (χ0v) is 11.8. The Morgan fingerprint density at radius 2 is 2.25 bits per heavy atom. The van der Waals surface area contributed by atoms with E-state index in [0.29, 0.717) is 23.7 Å². The standard InChI is InChI=1S/C14H20N2O4/c1-18-10-5-6-12(13(8-10)19-2)16-14(17)15-9-11-4-3-7-20-11/h5-6,8,11H,3-4,7,9H2,1-2H3,(H2,15,16,17)/t11-/m0/s1. The summed E-state index contributed by atoms with van der Waals surface area (Å²) >= 11 is 0. The molecule has 1 aromatic carbocycles. The van der Waals surface area contributed by atoms with Crippen molar-refractivity contribution in [1.82, 2.24) is 5.32 Å². The van der Waals surface area contributed by atoms with Crippen molar-refractivity contribution in [2.75, 3.05) is 32.7 Å². The number of nitrogens with one attached hydrogen (secondary N) is 2. The van der Waals surface area contributed by atoms with Crippen molar-refractivity contribution in [2.45, 2.75) is 18.9 Å². The van der Waals surface area contributed by atoms with Crippen molar-refractivity contribution in [1.29, 1.82) is 0 Å². The topological polar surface area (TPSA) is 68.8 Å². The molecule has 2 amide bonds. The summed E-state index contributed by atoms with van der Waals surface area (Å²) in [6, 6.07) is 4.95. The lowest BCUT2D eigenvalue weighted by molar-refractivity contribution is 0.112. The molecule has 0 aromatic heterocycles. The Balaban J connectivity index is 1.89. The second kappa shape index (κ2) is 7.00. The molecule has 110 valence electrons. The van der Waals surface area contributed by atoms with Gasteiger partial charge in [0.1, 0.15) is 11.5 Å². The predicted molar refractivity (Wildman–Crippen MR) is 75.5 cm³/mol. The third-order valence-corrected chi connectivity index (χ3v) is 3.17. The molecule has 0 saturated carbocycles. The molecule has 2 rings (SSSR count). The van der Waals surface area contributed by atoms with Crippen LogP contribution in [0.5, 0.6) is 11.5 Å². The summed E-state index contributed by atoms with van der Waals surface area (Å²) < 4.78 is 15.8. The number of hydrogen-bond acceptors (Lipinski definition) is 4. The Morgan fingerprint density at radius 3 is 2.90 bits per heavy atom. The van der Waals surface area contributed by atoms with Gasteiger partial charge in [-0.15, -0.1) is 0 Å². The van der Waals surface area contributed by atoms with Crippen molar-refractivity contribution in [3.63, 3.8) is 0 Å². The molecule has 1 heterocycles. The Bertz CT molecular complexity index is 458. The molecule has 20 heavy (non-hydrogen) atoms. The number of methoxy groups -OCH3 is 2. The summed E-state index contributed by atoms with van der Waals surface area (Å²) in [5, 5.41) is 5.54. The molecule has 0 radical (unpaired) electrons. The lowest BCUT2D eigenvalue weighted by Crippen LogP contribution is -2.35. The minimum Gasteiger partial charge on any atom is -0.497 e. The molecule has 0 unspecified atom stereocenters. The van der Waals surface area contributed by atoms with Crippen LogP contribution < -0.4 is 20.1 Å². The van der Waals surface area contributed by atoms with E-state index in [2.05, 4.69) is 10.6 Å². The van der Waals surface area contributed by atoms with E-state index >= 15 is 0 Å². The van der Waals surface area contributed by atoms with Gasteiger partial charge in [0, 0.05) is 19.2 Å². The van der Waals surface area contributed by atoms with Crippen LogP contribution in [-0.4, -0.2) is 39.5 Å². The molecule has 1 aliphatic heterocycles. The molecular formula is C14H20N2O4. The molecule has 0 bridgehead atoms. The fourth-order valence-corrected chi connectivity index (χ4v) is 2.08. The maximum absolute atomic E-state index is 11.8. The molecule has 1 fully saturated rings. The summed E-state index contributed by atoms with van der Waals surface area (Å²) in [6.45, 7) is 1.30. The maximum Gasteiger partial charge on any atom is 0.319 e. The smallest absolute Gasteiger partial charge is 0.319 e. The summed E-state index contributed by atoms with van der Waals surface area (Å²) in [7, 11) is 3.13. The summed E-state index contributed by atoms with van der Waals surface area (Å²) in [5.74, 6) is 1.23. The number of ether oxygens (including phenoxy) is 3. The van der Waals surface area contributed by atoms with Gasteiger partial charge in [-0.1, -0.05) is 0 Å². The van der Waals surface area contributed by atoms with Gasteiger partial charge in [0.05, 0.1) is 26.0 Å². The molecule has 1 atom stereocenters. The van der Waals surface area contributed by atoms with Crippen molar-refractivity contribution in [2.24, 2.45) is 0 Å². The first-order valence-electron chi connectivity index (χ1n) is 6.61. The van der Waals surface area contributed by atoms with Crippen molar-refractivity contribution in [3.8, 4) is 11.5 Å². The average Bonchev–Trinajstić information content (AvgIpc) is 2.99. The highest BCUT2D eigenvalue weighted by Crippen LogP contribution is 2.28. The highest BCUT2D eigenvalue weighted by molar-refractivity contribution is 5.91. The first-order chi connectivity index (χ1) is 9.72. The first kappa shape index (κ1) is 14.5. The molecule has 2 N–H and O–H groups in total. The predicted octanol–water partition coefficient (Wildman–Crippen LogP) is 2.00. The zero-order valence-electron chi connectivity index (χ0n) is 11.8. The van der Waals surface area contributed by atoms with Crippen LogP contribution >= 0.6 is 0 Å². The molecule has 6 nitrogen and oxygen atoms in total. The fraction of sp³-hybridized carbons (Fsp3) is 0.500. The van der Waals surface area contributed by atoms with Crippen molar-refractivity contribution in [3.05, 3.63) is 18.2 Å². The molecule has 0 aliphatic carbocycles. The highest BCUT2D eigenvalue weighted by atomic mass is 16.5. The van der Waals surface area contributed by atoms with Gasteiger partial charge in [-0.05, 0) is 25.0 Å². The molecular weight excluding hydrogens is 260 g/mol. The monoisotopic (exact) mass is 280 g/mol. The largest absolute Gasteiger partial charge is 0.497 e. The molecule has 6 heteroatoms. The Kier molecular flexibility index (Phi) is 5.06. The number of carbonyl (C=O) groups is 1. The average molecular weight is 280 g/mol. The summed E-state index contributed by atoms with van der Waals surface area (Å²) in [5.41, 5.74) is 0.596. The Hall–Kier alpha value is -1.95. The van der Waals surface area contributed by atoms with Gasteiger partial charge in [-0.3, -0.25) is 0 Å². The van der Waals surface area contributed by atoms with Crippen molar-refractivity contribution < 1.29 is 19.0 Å². The van der Waals surface area contributed by atoms with Gasteiger partial charge in [0.25, 0.3) is 0 Å². The van der Waals surface area contributed by atoms with E-state index in [1.165, 1.54) is 0 Å². The summed E-state index contributed by atoms with van der Waals surface area (Å²) in [6.07, 6.45) is 2.17. The van der Waals surface area contributed by atoms with Crippen LogP contribution in [0.1, 0.15) is 12.8 Å². The first-order valence-corrected chi connectivity index (χ1v) is 6.61. The minimum absolute atomic E-state index is 0.124. The molecule has 1 saturated heterocycles. The zero-order chi connectivity index (χ0) is 14.4. The fourth-order valence-electron chi connectivity index (χ4n) is 2.08. The van der Waals surface area contributed by atoms with Crippen LogP contribution in [0.4, 0.5) is 10.5 Å². The Morgan fingerprint density at radius 1 is 1.40 bits per heavy atom. The van der Waals surface area contributed by atoms with Gasteiger partial charge in [0.15, 0.2) is 0 Å². The van der Waals surface area contributed by atoms with Crippen LogP contribution in [0.2, 0.25) is 0 Å². The number of carbonyl (C=O) groups excluding carboxylic acids is 1. The van der Waals surface area contributed by atoms with Crippen LogP contribution in [0, 0.1) is 0 Å². The van der Waals surface area contributed by atoms with E-state index in [9.17, 15) is 4.79 Å². The van der Waals surface area contributed by atoms with Crippen LogP contribution in [0.25, 0.3) is 0 Å². The van der Waals surface area contributed by atoms with E-state index in [1.807, 2.05) is 0 Å². The van der Waals surface area contributed by atoms with Gasteiger partial charge in [-0.2, -0.15) is 0 Å². The number of rotatable bonds is 5. The van der Waals surface area contributed by atoms with E-state index in [4.69, 9.17) is 14.2 Å². The molecule has 1 aliphatic rings. The number of benzene rings is 1. The van der Waals surface area contributed by atoms with Crippen LogP contribution in [0.3, 0.4) is 0 Å².